The third kappa shape index (κ3) is 4.40. The van der Waals surface area contributed by atoms with Crippen molar-refractivity contribution < 1.29 is 9.53 Å². The second-order valence-corrected chi connectivity index (χ2v) is 4.26. The molecular weight excluding hydrogens is 256 g/mol. The number of nitrogens with one attached hydrogen (secondary N) is 1. The van der Waals surface area contributed by atoms with E-state index in [2.05, 4.69) is 10.4 Å². The molecule has 20 heavy (non-hydrogen) atoms. The minimum atomic E-state index is -0.201. The van der Waals surface area contributed by atoms with Gasteiger partial charge in [0.05, 0.1) is 6.54 Å². The quantitative estimate of drug-likeness (QED) is 0.765. The molecule has 6 heteroatoms. The highest BCUT2D eigenvalue weighted by Gasteiger charge is 2.04. The molecule has 6 nitrogen and oxygen atoms in total. The normalized spacial score (nSPS) is 10.2. The standard InChI is InChI=1S/C14H18N4O2/c15-7-8-16-13(19)11-20-14-6-9-18(17-14)10-12-4-2-1-3-5-12/h1-6,9H,7-8,10-11,15H2,(H,16,19). The smallest absolute Gasteiger partial charge is 0.258 e. The number of nitrogens with two attached hydrogens (primary N) is 1. The van der Waals surface area contributed by atoms with Gasteiger partial charge in [0.1, 0.15) is 0 Å². The monoisotopic (exact) mass is 274 g/mol. The summed E-state index contributed by atoms with van der Waals surface area (Å²) in [6, 6.07) is 11.7. The first-order chi connectivity index (χ1) is 9.78. The second-order valence-electron chi connectivity index (χ2n) is 4.26. The number of aromatic nitrogens is 2. The van der Waals surface area contributed by atoms with Crippen molar-refractivity contribution in [2.24, 2.45) is 5.73 Å². The van der Waals surface area contributed by atoms with Crippen LogP contribution in [0.4, 0.5) is 0 Å². The summed E-state index contributed by atoms with van der Waals surface area (Å²) >= 11 is 0. The Balaban J connectivity index is 1.82. The fourth-order valence-corrected chi connectivity index (χ4v) is 1.68. The summed E-state index contributed by atoms with van der Waals surface area (Å²) in [6.07, 6.45) is 1.82. The van der Waals surface area contributed by atoms with Gasteiger partial charge in [0.2, 0.25) is 5.88 Å². The molecule has 1 heterocycles. The molecule has 1 aromatic carbocycles. The van der Waals surface area contributed by atoms with Crippen LogP contribution in [0.5, 0.6) is 5.88 Å². The predicted octanol–water partition coefficient (Wildman–Crippen LogP) is 0.385. The van der Waals surface area contributed by atoms with Crippen LogP contribution in [0.15, 0.2) is 42.6 Å². The molecule has 106 valence electrons. The van der Waals surface area contributed by atoms with Gasteiger partial charge in [-0.2, -0.15) is 0 Å². The first kappa shape index (κ1) is 14.1. The number of amides is 1. The van der Waals surface area contributed by atoms with E-state index in [1.54, 1.807) is 10.7 Å². The van der Waals surface area contributed by atoms with E-state index >= 15 is 0 Å². The Morgan fingerprint density at radius 3 is 2.85 bits per heavy atom. The minimum Gasteiger partial charge on any atom is -0.467 e. The summed E-state index contributed by atoms with van der Waals surface area (Å²) in [4.78, 5) is 11.3. The Labute approximate surface area is 117 Å². The number of nitrogens with zero attached hydrogens (tertiary/aromatic N) is 2. The van der Waals surface area contributed by atoms with Crippen LogP contribution in [0.2, 0.25) is 0 Å². The van der Waals surface area contributed by atoms with Crippen LogP contribution in [-0.4, -0.2) is 35.4 Å². The lowest BCUT2D eigenvalue weighted by Crippen LogP contribution is -2.32. The van der Waals surface area contributed by atoms with Crippen LogP contribution < -0.4 is 15.8 Å². The SMILES string of the molecule is NCCNC(=O)COc1ccn(Cc2ccccc2)n1. The van der Waals surface area contributed by atoms with Crippen molar-refractivity contribution in [1.29, 1.82) is 0 Å². The molecule has 0 fully saturated rings. The Hall–Kier alpha value is -2.34. The molecule has 1 amide bonds. The molecule has 0 aliphatic rings. The Morgan fingerprint density at radius 1 is 1.30 bits per heavy atom. The van der Waals surface area contributed by atoms with Crippen molar-refractivity contribution >= 4 is 5.91 Å². The van der Waals surface area contributed by atoms with Crippen molar-refractivity contribution in [2.75, 3.05) is 19.7 Å². The first-order valence-electron chi connectivity index (χ1n) is 6.45. The highest BCUT2D eigenvalue weighted by Crippen LogP contribution is 2.08. The number of ether oxygens (including phenoxy) is 1. The van der Waals surface area contributed by atoms with Crippen molar-refractivity contribution in [1.82, 2.24) is 15.1 Å². The average Bonchev–Trinajstić information content (AvgIpc) is 2.91. The van der Waals surface area contributed by atoms with Gasteiger partial charge in [-0.05, 0) is 5.56 Å². The van der Waals surface area contributed by atoms with Gasteiger partial charge >= 0.3 is 0 Å². The molecule has 0 atom stereocenters. The molecule has 0 radical (unpaired) electrons. The lowest BCUT2D eigenvalue weighted by molar-refractivity contribution is -0.123. The van der Waals surface area contributed by atoms with Gasteiger partial charge in [-0.1, -0.05) is 30.3 Å². The molecule has 0 unspecified atom stereocenters. The summed E-state index contributed by atoms with van der Waals surface area (Å²) in [5.74, 6) is 0.233. The van der Waals surface area contributed by atoms with Gasteiger partial charge in [0.15, 0.2) is 6.61 Å². The zero-order chi connectivity index (χ0) is 14.2. The highest BCUT2D eigenvalue weighted by atomic mass is 16.5. The Bertz CT molecular complexity index is 539. The predicted molar refractivity (Wildman–Crippen MR) is 75.3 cm³/mol. The minimum absolute atomic E-state index is 0.0532. The van der Waals surface area contributed by atoms with E-state index in [4.69, 9.17) is 10.5 Å². The van der Waals surface area contributed by atoms with Crippen LogP contribution in [0.3, 0.4) is 0 Å². The highest BCUT2D eigenvalue weighted by molar-refractivity contribution is 5.77. The molecule has 3 N–H and O–H groups in total. The van der Waals surface area contributed by atoms with E-state index in [9.17, 15) is 4.79 Å². The van der Waals surface area contributed by atoms with Gasteiger partial charge in [0, 0.05) is 25.4 Å². The summed E-state index contributed by atoms with van der Waals surface area (Å²) in [5, 5.41) is 6.87. The van der Waals surface area contributed by atoms with Crippen LogP contribution in [-0.2, 0) is 11.3 Å². The van der Waals surface area contributed by atoms with E-state index < -0.39 is 0 Å². The van der Waals surface area contributed by atoms with E-state index in [-0.39, 0.29) is 12.5 Å². The van der Waals surface area contributed by atoms with Crippen LogP contribution >= 0.6 is 0 Å². The van der Waals surface area contributed by atoms with Crippen molar-refractivity contribution in [3.63, 3.8) is 0 Å². The third-order valence-corrected chi connectivity index (χ3v) is 2.62. The van der Waals surface area contributed by atoms with Gasteiger partial charge < -0.3 is 15.8 Å². The van der Waals surface area contributed by atoms with Gasteiger partial charge in [0.25, 0.3) is 5.91 Å². The summed E-state index contributed by atoms with van der Waals surface area (Å²) in [5.41, 5.74) is 6.44. The molecule has 1 aromatic heterocycles. The molecular formula is C14H18N4O2. The maximum atomic E-state index is 11.3. The molecule has 0 saturated heterocycles. The average molecular weight is 274 g/mol. The third-order valence-electron chi connectivity index (χ3n) is 2.62. The van der Waals surface area contributed by atoms with Gasteiger partial charge in [-0.25, -0.2) is 0 Å². The number of carbonyl (C=O) groups excluding carboxylic acids is 1. The van der Waals surface area contributed by atoms with Gasteiger partial charge in [-0.15, -0.1) is 5.10 Å². The molecule has 0 spiro atoms. The molecule has 0 aliphatic heterocycles. The van der Waals surface area contributed by atoms with E-state index in [1.807, 2.05) is 36.5 Å². The van der Waals surface area contributed by atoms with E-state index in [1.165, 1.54) is 0 Å². The van der Waals surface area contributed by atoms with E-state index in [0.29, 0.717) is 25.5 Å². The molecule has 0 aliphatic carbocycles. The maximum Gasteiger partial charge on any atom is 0.258 e. The Kier molecular flexibility index (Phi) is 5.14. The van der Waals surface area contributed by atoms with Crippen molar-refractivity contribution in [3.8, 4) is 5.88 Å². The number of benzene rings is 1. The summed E-state index contributed by atoms with van der Waals surface area (Å²) in [6.45, 7) is 1.48. The second kappa shape index (κ2) is 7.30. The summed E-state index contributed by atoms with van der Waals surface area (Å²) < 4.78 is 7.06. The molecule has 0 bridgehead atoms. The van der Waals surface area contributed by atoms with Crippen LogP contribution in [0.25, 0.3) is 0 Å². The van der Waals surface area contributed by atoms with Gasteiger partial charge in [-0.3, -0.25) is 9.48 Å². The maximum absolute atomic E-state index is 11.3. The molecule has 2 rings (SSSR count). The topological polar surface area (TPSA) is 82.2 Å². The fourth-order valence-electron chi connectivity index (χ4n) is 1.68. The van der Waals surface area contributed by atoms with Crippen molar-refractivity contribution in [2.45, 2.75) is 6.54 Å². The lowest BCUT2D eigenvalue weighted by atomic mass is 10.2. The zero-order valence-electron chi connectivity index (χ0n) is 11.2. The zero-order valence-corrected chi connectivity index (χ0v) is 11.2. The Morgan fingerprint density at radius 2 is 2.10 bits per heavy atom. The number of hydrogen-bond donors (Lipinski definition) is 2. The van der Waals surface area contributed by atoms with E-state index in [0.717, 1.165) is 5.56 Å². The number of rotatable bonds is 7. The molecule has 2 aromatic rings. The summed E-state index contributed by atoms with van der Waals surface area (Å²) in [7, 11) is 0. The first-order valence-corrected chi connectivity index (χ1v) is 6.45. The largest absolute Gasteiger partial charge is 0.467 e. The van der Waals surface area contributed by atoms with Crippen LogP contribution in [0.1, 0.15) is 5.56 Å². The lowest BCUT2D eigenvalue weighted by Gasteiger charge is -2.04. The fraction of sp³-hybridized carbons (Fsp3) is 0.286. The number of hydrogen-bond acceptors (Lipinski definition) is 4. The number of carbonyl (C=O) groups is 1. The molecule has 0 saturated carbocycles. The van der Waals surface area contributed by atoms with Crippen molar-refractivity contribution in [3.05, 3.63) is 48.2 Å². The van der Waals surface area contributed by atoms with Crippen LogP contribution in [0, 0.1) is 0 Å².